The van der Waals surface area contributed by atoms with E-state index < -0.39 is 0 Å². The molecule has 3 N–H and O–H groups in total. The topological polar surface area (TPSA) is 75.2 Å². The van der Waals surface area contributed by atoms with Crippen LogP contribution in [0.2, 0.25) is 0 Å². The lowest BCUT2D eigenvalue weighted by atomic mass is 10.2. The molecule has 0 saturated heterocycles. The lowest BCUT2D eigenvalue weighted by molar-refractivity contribution is 0.205. The summed E-state index contributed by atoms with van der Waals surface area (Å²) < 4.78 is 5.09. The molecule has 0 aliphatic carbocycles. The van der Waals surface area contributed by atoms with Crippen LogP contribution >= 0.6 is 0 Å². The highest BCUT2D eigenvalue weighted by atomic mass is 16.5. The predicted molar refractivity (Wildman–Crippen MR) is 69.6 cm³/mol. The molecule has 1 rings (SSSR count). The number of nitrogens with zero attached hydrogens (tertiary/aromatic N) is 2. The second kappa shape index (κ2) is 6.85. The number of hydrogen-bond acceptors (Lipinski definition) is 4. The summed E-state index contributed by atoms with van der Waals surface area (Å²) in [5, 5.41) is 7.28. The molecule has 0 unspecified atom stereocenters. The van der Waals surface area contributed by atoms with E-state index in [2.05, 4.69) is 9.88 Å². The minimum absolute atomic E-state index is 0.195. The fraction of sp³-hybridized carbons (Fsp3) is 0.500. The molecule has 5 heteroatoms. The van der Waals surface area contributed by atoms with Gasteiger partial charge < -0.3 is 15.4 Å². The van der Waals surface area contributed by atoms with Gasteiger partial charge in [-0.15, -0.1) is 0 Å². The zero-order chi connectivity index (χ0) is 12.7. The Labute approximate surface area is 102 Å². The van der Waals surface area contributed by atoms with Crippen LogP contribution in [0.5, 0.6) is 0 Å². The summed E-state index contributed by atoms with van der Waals surface area (Å²) in [4.78, 5) is 6.47. The highest BCUT2D eigenvalue weighted by Gasteiger charge is 2.10. The molecule has 0 radical (unpaired) electrons. The number of methoxy groups -OCH3 is 1. The van der Waals surface area contributed by atoms with Gasteiger partial charge in [-0.2, -0.15) is 0 Å². The van der Waals surface area contributed by atoms with Crippen LogP contribution in [-0.4, -0.2) is 37.6 Å². The summed E-state index contributed by atoms with van der Waals surface area (Å²) in [5.74, 6) is 1.13. The number of rotatable bonds is 7. The van der Waals surface area contributed by atoms with Crippen LogP contribution in [-0.2, 0) is 4.74 Å². The molecule has 0 bridgehead atoms. The van der Waals surface area contributed by atoms with Crippen LogP contribution in [0.15, 0.2) is 18.3 Å². The maximum Gasteiger partial charge on any atom is 0.131 e. The lowest BCUT2D eigenvalue weighted by Crippen LogP contribution is -2.32. The van der Waals surface area contributed by atoms with Crippen molar-refractivity contribution in [3.8, 4) is 0 Å². The second-order valence-electron chi connectivity index (χ2n) is 3.90. The number of hydrogen-bond donors (Lipinski definition) is 2. The van der Waals surface area contributed by atoms with Gasteiger partial charge in [0.2, 0.25) is 0 Å². The summed E-state index contributed by atoms with van der Waals surface area (Å²) in [6.45, 7) is 4.10. The van der Waals surface area contributed by atoms with Crippen LogP contribution in [0.25, 0.3) is 0 Å². The van der Waals surface area contributed by atoms with E-state index in [9.17, 15) is 0 Å². The smallest absolute Gasteiger partial charge is 0.131 e. The first-order valence-corrected chi connectivity index (χ1v) is 5.63. The first-order valence-electron chi connectivity index (χ1n) is 5.63. The molecule has 1 aromatic rings. The first-order chi connectivity index (χ1) is 8.15. The van der Waals surface area contributed by atoms with E-state index in [1.807, 2.05) is 19.1 Å². The van der Waals surface area contributed by atoms with E-state index in [1.54, 1.807) is 13.3 Å². The number of aromatic nitrogens is 1. The minimum atomic E-state index is 0.195. The van der Waals surface area contributed by atoms with Crippen molar-refractivity contribution in [2.75, 3.05) is 31.7 Å². The maximum atomic E-state index is 7.28. The van der Waals surface area contributed by atoms with E-state index in [0.29, 0.717) is 19.6 Å². The Hall–Kier alpha value is -1.62. The van der Waals surface area contributed by atoms with E-state index in [-0.39, 0.29) is 5.84 Å². The highest BCUT2D eigenvalue weighted by Crippen LogP contribution is 2.15. The molecule has 0 atom stereocenters. The van der Waals surface area contributed by atoms with Crippen LogP contribution < -0.4 is 10.6 Å². The molecule has 0 fully saturated rings. The Balaban J connectivity index is 2.74. The van der Waals surface area contributed by atoms with Crippen molar-refractivity contribution in [1.29, 1.82) is 5.41 Å². The third-order valence-corrected chi connectivity index (χ3v) is 2.50. The van der Waals surface area contributed by atoms with Gasteiger partial charge in [0.15, 0.2) is 0 Å². The molecule has 1 heterocycles. The largest absolute Gasteiger partial charge is 0.388 e. The Morgan fingerprint density at radius 2 is 2.29 bits per heavy atom. The van der Waals surface area contributed by atoms with Crippen molar-refractivity contribution in [3.05, 3.63) is 23.9 Å². The molecular formula is C12H20N4O. The summed E-state index contributed by atoms with van der Waals surface area (Å²) in [6.07, 6.45) is 2.32. The van der Waals surface area contributed by atoms with Gasteiger partial charge in [-0.25, -0.2) is 4.98 Å². The fourth-order valence-corrected chi connectivity index (χ4v) is 1.59. The molecule has 17 heavy (non-hydrogen) atoms. The van der Waals surface area contributed by atoms with Crippen LogP contribution in [0.4, 0.5) is 5.82 Å². The number of pyridine rings is 1. The van der Waals surface area contributed by atoms with Crippen molar-refractivity contribution in [2.24, 2.45) is 5.73 Å². The molecule has 0 spiro atoms. The van der Waals surface area contributed by atoms with Crippen molar-refractivity contribution >= 4 is 11.7 Å². The van der Waals surface area contributed by atoms with Crippen molar-refractivity contribution in [3.63, 3.8) is 0 Å². The predicted octanol–water partition coefficient (Wildman–Crippen LogP) is 1.17. The third-order valence-electron chi connectivity index (χ3n) is 2.50. The normalized spacial score (nSPS) is 10.2. The lowest BCUT2D eigenvalue weighted by Gasteiger charge is -2.24. The fourth-order valence-electron chi connectivity index (χ4n) is 1.59. The van der Waals surface area contributed by atoms with Crippen molar-refractivity contribution in [2.45, 2.75) is 13.3 Å². The Morgan fingerprint density at radius 3 is 2.88 bits per heavy atom. The number of aryl methyl sites for hydroxylation is 1. The van der Waals surface area contributed by atoms with Crippen LogP contribution in [0.1, 0.15) is 12.0 Å². The van der Waals surface area contributed by atoms with Gasteiger partial charge in [-0.05, 0) is 18.6 Å². The number of ether oxygens (including phenoxy) is 1. The summed E-state index contributed by atoms with van der Waals surface area (Å²) in [6, 6.07) is 3.94. The zero-order valence-electron chi connectivity index (χ0n) is 10.4. The number of nitrogens with two attached hydrogens (primary N) is 1. The van der Waals surface area contributed by atoms with E-state index in [0.717, 1.165) is 17.9 Å². The molecule has 0 aromatic carbocycles. The maximum absolute atomic E-state index is 7.28. The summed E-state index contributed by atoms with van der Waals surface area (Å²) in [5.41, 5.74) is 6.51. The summed E-state index contributed by atoms with van der Waals surface area (Å²) >= 11 is 0. The number of anilines is 1. The molecule has 94 valence electrons. The molecule has 0 saturated carbocycles. The Kier molecular flexibility index (Phi) is 5.42. The van der Waals surface area contributed by atoms with Gasteiger partial charge in [0, 0.05) is 32.8 Å². The SMILES string of the molecule is COCCN(CCC(=N)N)c1ncccc1C. The van der Waals surface area contributed by atoms with Gasteiger partial charge in [-0.1, -0.05) is 6.07 Å². The molecule has 0 amide bonds. The first kappa shape index (κ1) is 13.4. The number of nitrogens with one attached hydrogen (secondary N) is 1. The average Bonchev–Trinajstić information content (AvgIpc) is 2.30. The Bertz CT molecular complexity index is 367. The minimum Gasteiger partial charge on any atom is -0.388 e. The van der Waals surface area contributed by atoms with Gasteiger partial charge in [0.25, 0.3) is 0 Å². The summed E-state index contributed by atoms with van der Waals surface area (Å²) in [7, 11) is 1.68. The van der Waals surface area contributed by atoms with Gasteiger partial charge >= 0.3 is 0 Å². The molecular weight excluding hydrogens is 216 g/mol. The molecule has 0 aliphatic rings. The van der Waals surface area contributed by atoms with E-state index in [1.165, 1.54) is 0 Å². The quantitative estimate of drug-likeness (QED) is 0.550. The Morgan fingerprint density at radius 1 is 1.53 bits per heavy atom. The van der Waals surface area contributed by atoms with Gasteiger partial charge in [0.05, 0.1) is 12.4 Å². The third kappa shape index (κ3) is 4.40. The van der Waals surface area contributed by atoms with Crippen LogP contribution in [0.3, 0.4) is 0 Å². The monoisotopic (exact) mass is 236 g/mol. The molecule has 5 nitrogen and oxygen atoms in total. The highest BCUT2D eigenvalue weighted by molar-refractivity contribution is 5.77. The van der Waals surface area contributed by atoms with E-state index in [4.69, 9.17) is 15.9 Å². The van der Waals surface area contributed by atoms with Crippen molar-refractivity contribution in [1.82, 2.24) is 4.98 Å². The molecule has 1 aromatic heterocycles. The van der Waals surface area contributed by atoms with Gasteiger partial charge in [-0.3, -0.25) is 5.41 Å². The number of amidine groups is 1. The standard InChI is InChI=1S/C12H20N4O/c1-10-4-3-6-15-12(10)16(8-9-17-2)7-5-11(13)14/h3-4,6H,5,7-9H2,1-2H3,(H3,13,14). The van der Waals surface area contributed by atoms with Crippen LogP contribution in [0, 0.1) is 12.3 Å². The average molecular weight is 236 g/mol. The van der Waals surface area contributed by atoms with Crippen molar-refractivity contribution < 1.29 is 4.74 Å². The zero-order valence-corrected chi connectivity index (χ0v) is 10.4. The van der Waals surface area contributed by atoms with Gasteiger partial charge in [0.1, 0.15) is 5.82 Å². The van der Waals surface area contributed by atoms with E-state index >= 15 is 0 Å². The molecule has 0 aliphatic heterocycles. The second-order valence-corrected chi connectivity index (χ2v) is 3.90.